The SMILES string of the molecule is COc1ccc([N+](=O)[O-])cc1Nc1ncc(Br)c(Nc2ccc3nccnc3c2P(C)(C)=O)n1. The molecule has 0 atom stereocenters. The van der Waals surface area contributed by atoms with Crippen molar-refractivity contribution >= 4 is 68.2 Å². The van der Waals surface area contributed by atoms with Crippen molar-refractivity contribution in [1.82, 2.24) is 19.9 Å². The fourth-order valence-corrected chi connectivity index (χ4v) is 5.02. The largest absolute Gasteiger partial charge is 0.495 e. The first-order chi connectivity index (χ1) is 16.2. The number of nitrogens with one attached hydrogen (secondary N) is 2. The van der Waals surface area contributed by atoms with E-state index in [1.165, 1.54) is 31.5 Å². The number of hydrogen-bond donors (Lipinski definition) is 2. The number of benzene rings is 2. The van der Waals surface area contributed by atoms with Crippen molar-refractivity contribution < 1.29 is 14.2 Å². The average molecular weight is 544 g/mol. The van der Waals surface area contributed by atoms with Gasteiger partial charge in [-0.25, -0.2) is 4.98 Å². The first-order valence-corrected chi connectivity index (χ1v) is 13.2. The summed E-state index contributed by atoms with van der Waals surface area (Å²) < 4.78 is 19.0. The fourth-order valence-electron chi connectivity index (χ4n) is 3.34. The molecule has 0 spiro atoms. The highest BCUT2D eigenvalue weighted by Gasteiger charge is 2.22. The van der Waals surface area contributed by atoms with E-state index in [9.17, 15) is 14.7 Å². The van der Waals surface area contributed by atoms with Crippen molar-refractivity contribution in [3.63, 3.8) is 0 Å². The number of nitro groups is 1. The molecule has 4 rings (SSSR count). The molecule has 0 aliphatic rings. The molecule has 0 bridgehead atoms. The van der Waals surface area contributed by atoms with Crippen LogP contribution >= 0.6 is 23.1 Å². The summed E-state index contributed by atoms with van der Waals surface area (Å²) in [4.78, 5) is 28.1. The van der Waals surface area contributed by atoms with Crippen LogP contribution < -0.4 is 20.7 Å². The Kier molecular flexibility index (Phi) is 6.45. The summed E-state index contributed by atoms with van der Waals surface area (Å²) in [5.74, 6) is 0.947. The molecule has 0 amide bonds. The molecule has 11 nitrogen and oxygen atoms in total. The zero-order valence-electron chi connectivity index (χ0n) is 18.3. The third-order valence-corrected chi connectivity index (χ3v) is 6.90. The molecule has 2 aromatic carbocycles. The average Bonchev–Trinajstić information content (AvgIpc) is 2.80. The number of nitrogens with zero attached hydrogens (tertiary/aromatic N) is 5. The zero-order valence-corrected chi connectivity index (χ0v) is 20.8. The van der Waals surface area contributed by atoms with Crippen LogP contribution in [0.5, 0.6) is 5.75 Å². The van der Waals surface area contributed by atoms with E-state index in [0.717, 1.165) is 0 Å². The lowest BCUT2D eigenvalue weighted by Crippen LogP contribution is -2.14. The number of hydrogen-bond acceptors (Lipinski definition) is 10. The molecule has 0 saturated heterocycles. The Morgan fingerprint density at radius 3 is 2.53 bits per heavy atom. The number of ether oxygens (including phenoxy) is 1. The molecule has 0 unspecified atom stereocenters. The molecule has 2 N–H and O–H groups in total. The zero-order chi connectivity index (χ0) is 24.5. The van der Waals surface area contributed by atoms with E-state index in [-0.39, 0.29) is 11.6 Å². The third kappa shape index (κ3) is 4.82. The van der Waals surface area contributed by atoms with E-state index in [2.05, 4.69) is 46.5 Å². The van der Waals surface area contributed by atoms with Gasteiger partial charge in [0.15, 0.2) is 0 Å². The van der Waals surface area contributed by atoms with Crippen LogP contribution in [0.25, 0.3) is 11.0 Å². The standard InChI is InChI=1S/C21H19BrN7O4P/c1-33-17-7-4-12(29(30)31)10-16(17)27-21-25-11-13(22)20(28-21)26-15-6-5-14-18(24-9-8-23-14)19(15)34(2,3)32/h4-11H,1-3H3,(H2,25,26,27,28). The van der Waals surface area contributed by atoms with Crippen molar-refractivity contribution in [2.75, 3.05) is 31.1 Å². The highest BCUT2D eigenvalue weighted by atomic mass is 79.9. The van der Waals surface area contributed by atoms with Gasteiger partial charge in [0.2, 0.25) is 5.95 Å². The maximum atomic E-state index is 13.2. The number of anilines is 4. The molecule has 0 aliphatic heterocycles. The summed E-state index contributed by atoms with van der Waals surface area (Å²) in [6.45, 7) is 3.33. The third-order valence-electron chi connectivity index (χ3n) is 4.79. The Labute approximate surface area is 202 Å². The van der Waals surface area contributed by atoms with E-state index in [4.69, 9.17) is 4.74 Å². The monoisotopic (exact) mass is 543 g/mol. The number of halogens is 1. The Bertz CT molecular complexity index is 1460. The van der Waals surface area contributed by atoms with E-state index in [0.29, 0.717) is 43.8 Å². The molecule has 174 valence electrons. The Morgan fingerprint density at radius 2 is 1.82 bits per heavy atom. The van der Waals surface area contributed by atoms with E-state index >= 15 is 0 Å². The van der Waals surface area contributed by atoms with Crippen LogP contribution in [0, 0.1) is 10.1 Å². The maximum Gasteiger partial charge on any atom is 0.271 e. The molecular weight excluding hydrogens is 525 g/mol. The Balaban J connectivity index is 1.74. The highest BCUT2D eigenvalue weighted by molar-refractivity contribution is 9.10. The van der Waals surface area contributed by atoms with E-state index < -0.39 is 12.1 Å². The molecular formula is C21H19BrN7O4P. The second-order valence-corrected chi connectivity index (χ2v) is 11.5. The topological polar surface area (TPSA) is 145 Å². The van der Waals surface area contributed by atoms with Crippen LogP contribution in [0.2, 0.25) is 0 Å². The molecule has 0 saturated carbocycles. The molecule has 0 aliphatic carbocycles. The summed E-state index contributed by atoms with van der Waals surface area (Å²) in [6.07, 6.45) is 4.66. The first kappa shape index (κ1) is 23.5. The van der Waals surface area contributed by atoms with Gasteiger partial charge in [0.1, 0.15) is 24.2 Å². The van der Waals surface area contributed by atoms with Gasteiger partial charge in [0.05, 0.1) is 38.7 Å². The van der Waals surface area contributed by atoms with Crippen LogP contribution in [0.1, 0.15) is 0 Å². The van der Waals surface area contributed by atoms with Gasteiger partial charge < -0.3 is 19.9 Å². The van der Waals surface area contributed by atoms with E-state index in [1.807, 2.05) is 0 Å². The Morgan fingerprint density at radius 1 is 1.06 bits per heavy atom. The first-order valence-electron chi connectivity index (χ1n) is 9.85. The van der Waals surface area contributed by atoms with Gasteiger partial charge in [-0.1, -0.05) is 0 Å². The van der Waals surface area contributed by atoms with Crippen molar-refractivity contribution in [2.45, 2.75) is 0 Å². The number of nitro benzene ring substituents is 1. The molecule has 34 heavy (non-hydrogen) atoms. The number of fused-ring (bicyclic) bond motifs is 1. The van der Waals surface area contributed by atoms with Crippen molar-refractivity contribution in [3.8, 4) is 5.75 Å². The van der Waals surface area contributed by atoms with Gasteiger partial charge in [-0.15, -0.1) is 0 Å². The number of non-ortho nitro benzene ring substituents is 1. The van der Waals surface area contributed by atoms with Gasteiger partial charge in [-0.3, -0.25) is 20.1 Å². The minimum absolute atomic E-state index is 0.109. The molecule has 0 fully saturated rings. The lowest BCUT2D eigenvalue weighted by Gasteiger charge is -2.17. The highest BCUT2D eigenvalue weighted by Crippen LogP contribution is 2.41. The molecule has 0 radical (unpaired) electrons. The van der Waals surface area contributed by atoms with Crippen LogP contribution in [0.3, 0.4) is 0 Å². The number of rotatable bonds is 7. The molecule has 2 aromatic heterocycles. The smallest absolute Gasteiger partial charge is 0.271 e. The number of methoxy groups -OCH3 is 1. The van der Waals surface area contributed by atoms with Gasteiger partial charge in [-0.05, 0) is 47.5 Å². The summed E-state index contributed by atoms with van der Waals surface area (Å²) in [5.41, 5.74) is 1.97. The quantitative estimate of drug-likeness (QED) is 0.188. The van der Waals surface area contributed by atoms with Crippen molar-refractivity contribution in [2.24, 2.45) is 0 Å². The maximum absolute atomic E-state index is 13.2. The second kappa shape index (κ2) is 9.32. The van der Waals surface area contributed by atoms with Crippen molar-refractivity contribution in [1.29, 1.82) is 0 Å². The molecule has 2 heterocycles. The minimum atomic E-state index is -2.77. The summed E-state index contributed by atoms with van der Waals surface area (Å²) in [7, 11) is -1.31. The Hall–Kier alpha value is -3.63. The predicted octanol–water partition coefficient (Wildman–Crippen LogP) is 4.83. The lowest BCUT2D eigenvalue weighted by molar-refractivity contribution is -0.384. The van der Waals surface area contributed by atoms with Gasteiger partial charge in [0, 0.05) is 30.7 Å². The van der Waals surface area contributed by atoms with Crippen LogP contribution in [-0.2, 0) is 4.57 Å². The summed E-state index contributed by atoms with van der Waals surface area (Å²) in [5, 5.41) is 17.9. The van der Waals surface area contributed by atoms with Crippen molar-refractivity contribution in [3.05, 3.63) is 63.5 Å². The lowest BCUT2D eigenvalue weighted by atomic mass is 10.2. The van der Waals surface area contributed by atoms with E-state index in [1.54, 1.807) is 37.9 Å². The van der Waals surface area contributed by atoms with Gasteiger partial charge in [-0.2, -0.15) is 4.98 Å². The predicted molar refractivity (Wildman–Crippen MR) is 135 cm³/mol. The number of aromatic nitrogens is 4. The summed E-state index contributed by atoms with van der Waals surface area (Å²) in [6, 6.07) is 7.73. The summed E-state index contributed by atoms with van der Waals surface area (Å²) >= 11 is 3.43. The minimum Gasteiger partial charge on any atom is -0.495 e. The van der Waals surface area contributed by atoms with Crippen LogP contribution in [-0.4, -0.2) is 45.3 Å². The van der Waals surface area contributed by atoms with Gasteiger partial charge >= 0.3 is 0 Å². The van der Waals surface area contributed by atoms with Gasteiger partial charge in [0.25, 0.3) is 5.69 Å². The fraction of sp³-hybridized carbons (Fsp3) is 0.143. The van der Waals surface area contributed by atoms with Crippen LogP contribution in [0.4, 0.5) is 28.8 Å². The second-order valence-electron chi connectivity index (χ2n) is 7.52. The molecule has 13 heteroatoms. The normalized spacial score (nSPS) is 11.3. The van der Waals surface area contributed by atoms with Crippen LogP contribution in [0.15, 0.2) is 53.4 Å². The molecule has 4 aromatic rings.